The van der Waals surface area contributed by atoms with Crippen molar-refractivity contribution in [3.8, 4) is 0 Å². The molecule has 0 heterocycles. The van der Waals surface area contributed by atoms with Crippen LogP contribution < -0.4 is 10.2 Å². The molecule has 0 bridgehead atoms. The van der Waals surface area contributed by atoms with Crippen LogP contribution in [0.15, 0.2) is 78.9 Å². The molecule has 4 nitrogen and oxygen atoms in total. The molecular formula is C27H30N2O2. The Hall–Kier alpha value is -3.40. The van der Waals surface area contributed by atoms with Crippen molar-refractivity contribution in [2.24, 2.45) is 5.92 Å². The Morgan fingerprint density at radius 3 is 2.10 bits per heavy atom. The van der Waals surface area contributed by atoms with E-state index in [2.05, 4.69) is 19.2 Å². The van der Waals surface area contributed by atoms with Gasteiger partial charge in [0.1, 0.15) is 0 Å². The minimum Gasteiger partial charge on any atom is -0.356 e. The van der Waals surface area contributed by atoms with Crippen LogP contribution in [-0.4, -0.2) is 18.4 Å². The van der Waals surface area contributed by atoms with Gasteiger partial charge in [-0.3, -0.25) is 9.59 Å². The average molecular weight is 415 g/mol. The molecule has 0 saturated carbocycles. The van der Waals surface area contributed by atoms with Crippen LogP contribution in [0.5, 0.6) is 0 Å². The van der Waals surface area contributed by atoms with Crippen molar-refractivity contribution in [3.63, 3.8) is 0 Å². The lowest BCUT2D eigenvalue weighted by atomic mass is 10.1. The van der Waals surface area contributed by atoms with Crippen molar-refractivity contribution in [2.45, 2.75) is 33.7 Å². The highest BCUT2D eigenvalue weighted by atomic mass is 16.2. The third kappa shape index (κ3) is 6.54. The first kappa shape index (κ1) is 22.3. The van der Waals surface area contributed by atoms with E-state index in [1.807, 2.05) is 85.8 Å². The molecule has 0 aliphatic carbocycles. The minimum absolute atomic E-state index is 0.0123. The summed E-state index contributed by atoms with van der Waals surface area (Å²) < 4.78 is 0. The van der Waals surface area contributed by atoms with E-state index in [-0.39, 0.29) is 11.8 Å². The SMILES string of the molecule is Cc1ccc(C(=O)N(Cc2ccccc2)c2ccc(CC(=O)NCC(C)C)cc2)cc1. The van der Waals surface area contributed by atoms with Crippen molar-refractivity contribution >= 4 is 17.5 Å². The van der Waals surface area contributed by atoms with Crippen LogP contribution in [-0.2, 0) is 17.8 Å². The van der Waals surface area contributed by atoms with Crippen molar-refractivity contribution in [2.75, 3.05) is 11.4 Å². The molecule has 0 fully saturated rings. The molecule has 0 radical (unpaired) electrons. The van der Waals surface area contributed by atoms with Gasteiger partial charge in [0, 0.05) is 17.8 Å². The van der Waals surface area contributed by atoms with Crippen molar-refractivity contribution < 1.29 is 9.59 Å². The molecule has 1 N–H and O–H groups in total. The van der Waals surface area contributed by atoms with Gasteiger partial charge in [-0.15, -0.1) is 0 Å². The van der Waals surface area contributed by atoms with E-state index in [1.165, 1.54) is 0 Å². The van der Waals surface area contributed by atoms with E-state index >= 15 is 0 Å². The largest absolute Gasteiger partial charge is 0.356 e. The zero-order valence-electron chi connectivity index (χ0n) is 18.5. The number of benzene rings is 3. The van der Waals surface area contributed by atoms with Crippen LogP contribution in [0.1, 0.15) is 40.9 Å². The van der Waals surface area contributed by atoms with E-state index in [0.29, 0.717) is 31.0 Å². The molecule has 3 rings (SSSR count). The molecule has 160 valence electrons. The summed E-state index contributed by atoms with van der Waals surface area (Å²) in [7, 11) is 0. The Bertz CT molecular complexity index is 994. The van der Waals surface area contributed by atoms with Gasteiger partial charge in [0.25, 0.3) is 5.91 Å². The standard InChI is InChI=1S/C27H30N2O2/c1-20(2)18-28-26(30)17-22-11-15-25(16-12-22)29(19-23-7-5-4-6-8-23)27(31)24-13-9-21(3)10-14-24/h4-16,20H,17-19H2,1-3H3,(H,28,30). The quantitative estimate of drug-likeness (QED) is 0.554. The number of carbonyl (C=O) groups excluding carboxylic acids is 2. The van der Waals surface area contributed by atoms with Gasteiger partial charge >= 0.3 is 0 Å². The number of amides is 2. The van der Waals surface area contributed by atoms with Crippen molar-refractivity contribution in [1.29, 1.82) is 0 Å². The second kappa shape index (κ2) is 10.6. The van der Waals surface area contributed by atoms with Crippen molar-refractivity contribution in [3.05, 3.63) is 101 Å². The monoisotopic (exact) mass is 414 g/mol. The Kier molecular flexibility index (Phi) is 7.60. The molecule has 31 heavy (non-hydrogen) atoms. The molecule has 3 aromatic carbocycles. The second-order valence-corrected chi connectivity index (χ2v) is 8.28. The van der Waals surface area contributed by atoms with E-state index < -0.39 is 0 Å². The predicted molar refractivity (Wildman–Crippen MR) is 126 cm³/mol. The van der Waals surface area contributed by atoms with Crippen LogP contribution in [0.3, 0.4) is 0 Å². The lowest BCUT2D eigenvalue weighted by Gasteiger charge is -2.23. The van der Waals surface area contributed by atoms with Gasteiger partial charge in [-0.05, 0) is 48.2 Å². The fourth-order valence-corrected chi connectivity index (χ4v) is 3.26. The van der Waals surface area contributed by atoms with E-state index in [4.69, 9.17) is 0 Å². The number of nitrogens with one attached hydrogen (secondary N) is 1. The maximum absolute atomic E-state index is 13.3. The predicted octanol–water partition coefficient (Wildman–Crippen LogP) is 5.16. The van der Waals surface area contributed by atoms with Crippen molar-refractivity contribution in [1.82, 2.24) is 5.32 Å². The van der Waals surface area contributed by atoms with Gasteiger partial charge in [-0.2, -0.15) is 0 Å². The van der Waals surface area contributed by atoms with E-state index in [1.54, 1.807) is 4.90 Å². The molecule has 0 saturated heterocycles. The zero-order chi connectivity index (χ0) is 22.2. The number of rotatable bonds is 8. The van der Waals surface area contributed by atoms with Crippen LogP contribution >= 0.6 is 0 Å². The van der Waals surface area contributed by atoms with Crippen LogP contribution in [0.25, 0.3) is 0 Å². The molecule has 0 atom stereocenters. The molecule has 0 aliphatic heterocycles. The van der Waals surface area contributed by atoms with E-state index in [0.717, 1.165) is 22.4 Å². The first-order valence-electron chi connectivity index (χ1n) is 10.7. The molecule has 2 amide bonds. The highest BCUT2D eigenvalue weighted by molar-refractivity contribution is 6.06. The first-order valence-corrected chi connectivity index (χ1v) is 10.7. The maximum Gasteiger partial charge on any atom is 0.258 e. The lowest BCUT2D eigenvalue weighted by Crippen LogP contribution is -2.30. The highest BCUT2D eigenvalue weighted by Crippen LogP contribution is 2.22. The van der Waals surface area contributed by atoms with Gasteiger partial charge in [0.15, 0.2) is 0 Å². The number of hydrogen-bond acceptors (Lipinski definition) is 2. The third-order valence-electron chi connectivity index (χ3n) is 5.05. The van der Waals surface area contributed by atoms with E-state index in [9.17, 15) is 9.59 Å². The number of nitrogens with zero attached hydrogens (tertiary/aromatic N) is 1. The maximum atomic E-state index is 13.3. The van der Waals surface area contributed by atoms with Gasteiger partial charge in [0.2, 0.25) is 5.91 Å². The first-order chi connectivity index (χ1) is 14.9. The average Bonchev–Trinajstić information content (AvgIpc) is 2.77. The summed E-state index contributed by atoms with van der Waals surface area (Å²) in [6.45, 7) is 7.30. The Morgan fingerprint density at radius 2 is 1.48 bits per heavy atom. The van der Waals surface area contributed by atoms with Gasteiger partial charge in [0.05, 0.1) is 13.0 Å². The lowest BCUT2D eigenvalue weighted by molar-refractivity contribution is -0.120. The number of aryl methyl sites for hydroxylation is 1. The summed E-state index contributed by atoms with van der Waals surface area (Å²) in [5, 5.41) is 2.94. The molecular weight excluding hydrogens is 384 g/mol. The van der Waals surface area contributed by atoms with Crippen LogP contribution in [0.2, 0.25) is 0 Å². The molecule has 0 spiro atoms. The smallest absolute Gasteiger partial charge is 0.258 e. The number of carbonyl (C=O) groups is 2. The molecule has 0 aliphatic rings. The summed E-state index contributed by atoms with van der Waals surface area (Å²) in [5.41, 5.74) is 4.55. The normalized spacial score (nSPS) is 10.7. The summed E-state index contributed by atoms with van der Waals surface area (Å²) in [4.78, 5) is 27.2. The Labute approximate surface area is 184 Å². The summed E-state index contributed by atoms with van der Waals surface area (Å²) in [5.74, 6) is 0.385. The molecule has 3 aromatic rings. The van der Waals surface area contributed by atoms with Gasteiger partial charge < -0.3 is 10.2 Å². The Balaban J connectivity index is 1.80. The molecule has 0 aromatic heterocycles. The Morgan fingerprint density at radius 1 is 0.839 bits per heavy atom. The summed E-state index contributed by atoms with van der Waals surface area (Å²) in [6.07, 6.45) is 0.331. The fourth-order valence-electron chi connectivity index (χ4n) is 3.26. The number of hydrogen-bond donors (Lipinski definition) is 1. The summed E-state index contributed by atoms with van der Waals surface area (Å²) >= 11 is 0. The minimum atomic E-state index is -0.0497. The molecule has 0 unspecified atom stereocenters. The zero-order valence-corrected chi connectivity index (χ0v) is 18.5. The third-order valence-corrected chi connectivity index (χ3v) is 5.05. The number of anilines is 1. The summed E-state index contributed by atoms with van der Waals surface area (Å²) in [6, 6.07) is 25.3. The van der Waals surface area contributed by atoms with Gasteiger partial charge in [-0.1, -0.05) is 74.0 Å². The highest BCUT2D eigenvalue weighted by Gasteiger charge is 2.18. The van der Waals surface area contributed by atoms with Gasteiger partial charge in [-0.25, -0.2) is 0 Å². The second-order valence-electron chi connectivity index (χ2n) is 8.28. The topological polar surface area (TPSA) is 49.4 Å². The molecule has 4 heteroatoms. The van der Waals surface area contributed by atoms with Crippen LogP contribution in [0.4, 0.5) is 5.69 Å². The fraction of sp³-hybridized carbons (Fsp3) is 0.259. The van der Waals surface area contributed by atoms with Crippen LogP contribution in [0, 0.1) is 12.8 Å².